The lowest BCUT2D eigenvalue weighted by molar-refractivity contribution is -0.138. The predicted molar refractivity (Wildman–Crippen MR) is 65.3 cm³/mol. The van der Waals surface area contributed by atoms with Gasteiger partial charge < -0.3 is 10.6 Å². The number of likely N-dealkylation sites (tertiary alicyclic amines) is 1. The fourth-order valence-electron chi connectivity index (χ4n) is 2.89. The molecule has 1 heterocycles. The van der Waals surface area contributed by atoms with Crippen molar-refractivity contribution in [3.8, 4) is 0 Å². The Hall–Kier alpha value is -0.710. The third-order valence-corrected chi connectivity index (χ3v) is 4.53. The number of halogens is 2. The molecule has 0 aromatic carbocycles. The molecule has 104 valence electrons. The van der Waals surface area contributed by atoms with E-state index in [1.165, 1.54) is 0 Å². The van der Waals surface area contributed by atoms with Gasteiger partial charge in [-0.05, 0) is 31.2 Å². The van der Waals surface area contributed by atoms with Crippen molar-refractivity contribution in [2.45, 2.75) is 45.0 Å². The van der Waals surface area contributed by atoms with E-state index in [-0.39, 0.29) is 24.2 Å². The zero-order valence-electron chi connectivity index (χ0n) is 10.9. The summed E-state index contributed by atoms with van der Waals surface area (Å²) in [6.07, 6.45) is 1.67. The maximum Gasteiger partial charge on any atom is 0.248 e. The van der Waals surface area contributed by atoms with E-state index in [0.717, 1.165) is 12.8 Å². The molecule has 1 saturated heterocycles. The van der Waals surface area contributed by atoms with Crippen LogP contribution in [0.3, 0.4) is 0 Å². The zero-order chi connectivity index (χ0) is 13.4. The van der Waals surface area contributed by atoms with Gasteiger partial charge in [0.15, 0.2) is 0 Å². The van der Waals surface area contributed by atoms with Crippen molar-refractivity contribution < 1.29 is 13.6 Å². The number of nitrogens with zero attached hydrogens (tertiary/aromatic N) is 1. The highest BCUT2D eigenvalue weighted by molar-refractivity contribution is 5.79. The number of nitrogens with two attached hydrogens (primary N) is 1. The summed E-state index contributed by atoms with van der Waals surface area (Å²) in [4.78, 5) is 13.9. The molecular weight excluding hydrogens is 238 g/mol. The Morgan fingerprint density at radius 1 is 1.33 bits per heavy atom. The van der Waals surface area contributed by atoms with Crippen molar-refractivity contribution in [3.05, 3.63) is 0 Å². The molecule has 1 amide bonds. The van der Waals surface area contributed by atoms with Gasteiger partial charge in [-0.15, -0.1) is 0 Å². The molecule has 2 aliphatic rings. The average Bonchev–Trinajstić information content (AvgIpc) is 2.70. The maximum absolute atomic E-state index is 13.1. The molecule has 3 nitrogen and oxygen atoms in total. The van der Waals surface area contributed by atoms with Crippen molar-refractivity contribution in [1.82, 2.24) is 4.90 Å². The molecule has 18 heavy (non-hydrogen) atoms. The van der Waals surface area contributed by atoms with Crippen LogP contribution in [0.2, 0.25) is 0 Å². The maximum atomic E-state index is 13.1. The van der Waals surface area contributed by atoms with Crippen LogP contribution in [0.4, 0.5) is 8.78 Å². The van der Waals surface area contributed by atoms with Crippen LogP contribution < -0.4 is 5.73 Å². The molecule has 1 atom stereocenters. The van der Waals surface area contributed by atoms with E-state index in [1.54, 1.807) is 4.90 Å². The van der Waals surface area contributed by atoms with Gasteiger partial charge in [-0.1, -0.05) is 6.92 Å². The molecule has 0 radical (unpaired) electrons. The highest BCUT2D eigenvalue weighted by Crippen LogP contribution is 2.40. The molecule has 2 rings (SSSR count). The largest absolute Gasteiger partial charge is 0.342 e. The van der Waals surface area contributed by atoms with Crippen LogP contribution in [0.25, 0.3) is 0 Å². The Bertz CT molecular complexity index is 325. The Kier molecular flexibility index (Phi) is 3.63. The predicted octanol–water partition coefficient (Wildman–Crippen LogP) is 2.01. The van der Waals surface area contributed by atoms with Gasteiger partial charge in [0.2, 0.25) is 11.8 Å². The summed E-state index contributed by atoms with van der Waals surface area (Å²) in [7, 11) is 0. The normalized spacial score (nSPS) is 30.4. The lowest BCUT2D eigenvalue weighted by atomic mass is 9.80. The van der Waals surface area contributed by atoms with E-state index in [2.05, 4.69) is 6.92 Å². The molecular formula is C13H22F2N2O. The summed E-state index contributed by atoms with van der Waals surface area (Å²) in [6, 6.07) is 0. The van der Waals surface area contributed by atoms with E-state index >= 15 is 0 Å². The number of carbonyl (C=O) groups excluding carboxylic acids is 1. The average molecular weight is 260 g/mol. The first-order valence-electron chi connectivity index (χ1n) is 6.72. The van der Waals surface area contributed by atoms with Gasteiger partial charge in [0, 0.05) is 31.8 Å². The van der Waals surface area contributed by atoms with Crippen LogP contribution in [0.5, 0.6) is 0 Å². The monoisotopic (exact) mass is 260 g/mol. The van der Waals surface area contributed by atoms with Crippen LogP contribution in [0.1, 0.15) is 39.0 Å². The number of alkyl halides is 2. The SMILES string of the molecule is CC1(CN)CCN(C(=O)C2CCC(F)(F)C2)CC1. The third-order valence-electron chi connectivity index (χ3n) is 4.53. The number of hydrogen-bond acceptors (Lipinski definition) is 2. The van der Waals surface area contributed by atoms with E-state index < -0.39 is 11.8 Å². The second-order valence-corrected chi connectivity index (χ2v) is 6.14. The Morgan fingerprint density at radius 2 is 1.94 bits per heavy atom. The summed E-state index contributed by atoms with van der Waals surface area (Å²) in [5.41, 5.74) is 5.82. The highest BCUT2D eigenvalue weighted by atomic mass is 19.3. The van der Waals surface area contributed by atoms with Gasteiger partial charge in [-0.3, -0.25) is 4.79 Å². The van der Waals surface area contributed by atoms with Gasteiger partial charge in [0.1, 0.15) is 0 Å². The van der Waals surface area contributed by atoms with E-state index in [4.69, 9.17) is 5.73 Å². The smallest absolute Gasteiger partial charge is 0.248 e. The molecule has 5 heteroatoms. The van der Waals surface area contributed by atoms with Crippen LogP contribution in [-0.2, 0) is 4.79 Å². The van der Waals surface area contributed by atoms with Crippen LogP contribution in [0.15, 0.2) is 0 Å². The number of piperidine rings is 1. The van der Waals surface area contributed by atoms with Gasteiger partial charge in [-0.25, -0.2) is 8.78 Å². The molecule has 2 N–H and O–H groups in total. The Labute approximate surface area is 107 Å². The minimum absolute atomic E-state index is 0.0775. The van der Waals surface area contributed by atoms with E-state index in [9.17, 15) is 13.6 Å². The van der Waals surface area contributed by atoms with Crippen molar-refractivity contribution in [2.24, 2.45) is 17.1 Å². The van der Waals surface area contributed by atoms with Gasteiger partial charge in [0.25, 0.3) is 0 Å². The molecule has 0 aromatic rings. The first-order valence-corrected chi connectivity index (χ1v) is 6.72. The first-order chi connectivity index (χ1) is 8.35. The summed E-state index contributed by atoms with van der Waals surface area (Å²) in [5, 5.41) is 0. The molecule has 1 saturated carbocycles. The van der Waals surface area contributed by atoms with Crippen LogP contribution in [0, 0.1) is 11.3 Å². The molecule has 1 aliphatic heterocycles. The molecule has 0 bridgehead atoms. The van der Waals surface area contributed by atoms with Crippen molar-refractivity contribution in [3.63, 3.8) is 0 Å². The summed E-state index contributed by atoms with van der Waals surface area (Å²) >= 11 is 0. The Morgan fingerprint density at radius 3 is 2.39 bits per heavy atom. The highest BCUT2D eigenvalue weighted by Gasteiger charge is 2.44. The van der Waals surface area contributed by atoms with Gasteiger partial charge in [0.05, 0.1) is 0 Å². The molecule has 0 spiro atoms. The number of hydrogen-bond donors (Lipinski definition) is 1. The summed E-state index contributed by atoms with van der Waals surface area (Å²) in [5.74, 6) is -3.18. The van der Waals surface area contributed by atoms with Crippen molar-refractivity contribution in [1.29, 1.82) is 0 Å². The zero-order valence-corrected chi connectivity index (χ0v) is 10.9. The fraction of sp³-hybridized carbons (Fsp3) is 0.923. The Balaban J connectivity index is 1.89. The fourth-order valence-corrected chi connectivity index (χ4v) is 2.89. The number of carbonyl (C=O) groups is 1. The summed E-state index contributed by atoms with van der Waals surface area (Å²) < 4.78 is 26.2. The van der Waals surface area contributed by atoms with E-state index in [1.807, 2.05) is 0 Å². The number of amides is 1. The van der Waals surface area contributed by atoms with Gasteiger partial charge in [-0.2, -0.15) is 0 Å². The minimum atomic E-state index is -2.64. The summed E-state index contributed by atoms with van der Waals surface area (Å²) in [6.45, 7) is 4.07. The molecule has 1 aliphatic carbocycles. The van der Waals surface area contributed by atoms with Crippen molar-refractivity contribution in [2.75, 3.05) is 19.6 Å². The quantitative estimate of drug-likeness (QED) is 0.825. The third kappa shape index (κ3) is 2.82. The van der Waals surface area contributed by atoms with Crippen LogP contribution >= 0.6 is 0 Å². The molecule has 0 aromatic heterocycles. The van der Waals surface area contributed by atoms with Crippen molar-refractivity contribution >= 4 is 5.91 Å². The van der Waals surface area contributed by atoms with Crippen LogP contribution in [-0.4, -0.2) is 36.4 Å². The molecule has 2 fully saturated rings. The molecule has 1 unspecified atom stereocenters. The second-order valence-electron chi connectivity index (χ2n) is 6.14. The second kappa shape index (κ2) is 4.76. The van der Waals surface area contributed by atoms with Gasteiger partial charge >= 0.3 is 0 Å². The first kappa shape index (κ1) is 13.7. The number of rotatable bonds is 2. The lowest BCUT2D eigenvalue weighted by Gasteiger charge is -2.39. The minimum Gasteiger partial charge on any atom is -0.342 e. The van der Waals surface area contributed by atoms with E-state index in [0.29, 0.717) is 26.1 Å². The lowest BCUT2D eigenvalue weighted by Crippen LogP contribution is -2.46. The standard InChI is InChI=1S/C13H22F2N2O/c1-12(9-16)4-6-17(7-5-12)11(18)10-2-3-13(14,15)8-10/h10H,2-9,16H2,1H3. The topological polar surface area (TPSA) is 46.3 Å².